The van der Waals surface area contributed by atoms with E-state index in [4.69, 9.17) is 9.15 Å². The van der Waals surface area contributed by atoms with E-state index in [1.807, 2.05) is 26.0 Å². The number of hydrogen-bond acceptors (Lipinski definition) is 4. The molecule has 0 aliphatic heterocycles. The van der Waals surface area contributed by atoms with Crippen molar-refractivity contribution in [1.82, 2.24) is 15.6 Å². The lowest BCUT2D eigenvalue weighted by Gasteiger charge is -2.21. The van der Waals surface area contributed by atoms with Crippen LogP contribution in [0.1, 0.15) is 42.7 Å². The Morgan fingerprint density at radius 1 is 1.27 bits per heavy atom. The van der Waals surface area contributed by atoms with Gasteiger partial charge >= 0.3 is 0 Å². The Kier molecular flexibility index (Phi) is 5.49. The minimum Gasteiger partial charge on any atom is -0.496 e. The Hall–Kier alpha value is -2.50. The van der Waals surface area contributed by atoms with E-state index < -0.39 is 0 Å². The lowest BCUT2D eigenvalue weighted by Crippen LogP contribution is -2.41. The number of ether oxygens (including phenoxy) is 1. The molecule has 1 aromatic heterocycles. The summed E-state index contributed by atoms with van der Waals surface area (Å²) < 4.78 is 11.2. The Bertz CT molecular complexity index is 758. The summed E-state index contributed by atoms with van der Waals surface area (Å²) in [5, 5.41) is 6.77. The summed E-state index contributed by atoms with van der Waals surface area (Å²) in [5.74, 6) is 3.23. The first-order chi connectivity index (χ1) is 12.6. The summed E-state index contributed by atoms with van der Waals surface area (Å²) in [6.07, 6.45) is 2.30. The van der Waals surface area contributed by atoms with Crippen LogP contribution in [-0.4, -0.2) is 31.1 Å². The van der Waals surface area contributed by atoms with Gasteiger partial charge in [-0.2, -0.15) is 0 Å². The van der Waals surface area contributed by atoms with Crippen molar-refractivity contribution >= 4 is 5.96 Å². The quantitative estimate of drug-likeness (QED) is 0.589. The Balaban J connectivity index is 1.67. The van der Waals surface area contributed by atoms with E-state index in [0.717, 1.165) is 49.1 Å². The highest BCUT2D eigenvalue weighted by atomic mass is 16.5. The van der Waals surface area contributed by atoms with Gasteiger partial charge in [-0.15, -0.1) is 0 Å². The maximum absolute atomic E-state index is 5.61. The maximum atomic E-state index is 5.61. The number of oxazole rings is 1. The summed E-state index contributed by atoms with van der Waals surface area (Å²) in [4.78, 5) is 9.00. The monoisotopic (exact) mass is 356 g/mol. The van der Waals surface area contributed by atoms with Crippen molar-refractivity contribution in [3.05, 3.63) is 47.2 Å². The second-order valence-electron chi connectivity index (χ2n) is 6.78. The van der Waals surface area contributed by atoms with Crippen LogP contribution in [0.2, 0.25) is 0 Å². The van der Waals surface area contributed by atoms with Crippen molar-refractivity contribution in [3.8, 4) is 5.75 Å². The van der Waals surface area contributed by atoms with Gasteiger partial charge in [0.05, 0.1) is 12.8 Å². The summed E-state index contributed by atoms with van der Waals surface area (Å²) in [6, 6.07) is 8.28. The molecule has 3 rings (SSSR count). The average molecular weight is 356 g/mol. The molecule has 0 unspecified atom stereocenters. The van der Waals surface area contributed by atoms with Gasteiger partial charge in [-0.1, -0.05) is 18.2 Å². The van der Waals surface area contributed by atoms with Crippen LogP contribution in [0.4, 0.5) is 0 Å². The Morgan fingerprint density at radius 2 is 2.04 bits per heavy atom. The number of benzene rings is 1. The van der Waals surface area contributed by atoms with Gasteiger partial charge < -0.3 is 19.8 Å². The number of methoxy groups -OCH3 is 1. The standard InChI is InChI=1S/C20H28N4O2/c1-5-21-19(22-12-18-24-14(2)15(3)26-18)23-13-20(10-11-20)16-8-6-7-9-17(16)25-4/h6-9H,5,10-13H2,1-4H3,(H2,21,22,23). The van der Waals surface area contributed by atoms with Crippen LogP contribution in [0.3, 0.4) is 0 Å². The number of para-hydroxylation sites is 1. The Labute approximate surface area is 155 Å². The van der Waals surface area contributed by atoms with Crippen molar-refractivity contribution in [1.29, 1.82) is 0 Å². The minimum atomic E-state index is 0.124. The van der Waals surface area contributed by atoms with Gasteiger partial charge in [0.2, 0.25) is 5.89 Å². The predicted molar refractivity (Wildman–Crippen MR) is 103 cm³/mol. The first-order valence-electron chi connectivity index (χ1n) is 9.16. The fraction of sp³-hybridized carbons (Fsp3) is 0.500. The van der Waals surface area contributed by atoms with Crippen LogP contribution >= 0.6 is 0 Å². The highest BCUT2D eigenvalue weighted by Gasteiger charge is 2.46. The van der Waals surface area contributed by atoms with E-state index in [1.165, 1.54) is 5.56 Å². The molecule has 1 aliphatic carbocycles. The largest absolute Gasteiger partial charge is 0.496 e. The summed E-state index contributed by atoms with van der Waals surface area (Å²) in [6.45, 7) is 7.97. The molecule has 0 atom stereocenters. The molecule has 0 radical (unpaired) electrons. The van der Waals surface area contributed by atoms with E-state index in [2.05, 4.69) is 39.7 Å². The first kappa shape index (κ1) is 18.3. The molecule has 0 spiro atoms. The molecule has 0 saturated heterocycles. The maximum Gasteiger partial charge on any atom is 0.216 e. The highest BCUT2D eigenvalue weighted by Crippen LogP contribution is 2.50. The molecule has 1 aliphatic rings. The van der Waals surface area contributed by atoms with Gasteiger partial charge in [0.1, 0.15) is 18.1 Å². The van der Waals surface area contributed by atoms with Crippen molar-refractivity contribution in [2.45, 2.75) is 45.6 Å². The lowest BCUT2D eigenvalue weighted by atomic mass is 9.95. The number of guanidine groups is 1. The van der Waals surface area contributed by atoms with Gasteiger partial charge in [-0.3, -0.25) is 0 Å². The predicted octanol–water partition coefficient (Wildman–Crippen LogP) is 3.09. The SMILES string of the molecule is CCNC(=NCc1nc(C)c(C)o1)NCC1(c2ccccc2OC)CC1. The number of nitrogens with one attached hydrogen (secondary N) is 2. The Morgan fingerprint density at radius 3 is 2.65 bits per heavy atom. The fourth-order valence-corrected chi connectivity index (χ4v) is 3.12. The average Bonchev–Trinajstić information content (AvgIpc) is 3.37. The molecule has 1 aromatic carbocycles. The van der Waals surface area contributed by atoms with E-state index in [1.54, 1.807) is 7.11 Å². The smallest absolute Gasteiger partial charge is 0.216 e. The summed E-state index contributed by atoms with van der Waals surface area (Å²) >= 11 is 0. The molecular formula is C20H28N4O2. The highest BCUT2D eigenvalue weighted by molar-refractivity contribution is 5.80. The molecule has 1 fully saturated rings. The van der Waals surface area contributed by atoms with Crippen LogP contribution in [0.5, 0.6) is 5.75 Å². The first-order valence-corrected chi connectivity index (χ1v) is 9.16. The van der Waals surface area contributed by atoms with E-state index >= 15 is 0 Å². The zero-order chi connectivity index (χ0) is 18.6. The van der Waals surface area contributed by atoms with Gasteiger partial charge in [0, 0.05) is 24.1 Å². The van der Waals surface area contributed by atoms with Crippen molar-refractivity contribution in [3.63, 3.8) is 0 Å². The second-order valence-corrected chi connectivity index (χ2v) is 6.78. The molecule has 0 bridgehead atoms. The molecule has 2 aromatic rings. The van der Waals surface area contributed by atoms with Crippen LogP contribution in [0.15, 0.2) is 33.7 Å². The van der Waals surface area contributed by atoms with Gasteiger partial charge in [0.25, 0.3) is 0 Å². The van der Waals surface area contributed by atoms with Crippen LogP contribution in [-0.2, 0) is 12.0 Å². The van der Waals surface area contributed by atoms with Crippen molar-refractivity contribution < 1.29 is 9.15 Å². The van der Waals surface area contributed by atoms with Gasteiger partial charge in [-0.25, -0.2) is 9.98 Å². The summed E-state index contributed by atoms with van der Waals surface area (Å²) in [7, 11) is 1.73. The molecule has 1 saturated carbocycles. The topological polar surface area (TPSA) is 71.7 Å². The van der Waals surface area contributed by atoms with E-state index in [9.17, 15) is 0 Å². The second kappa shape index (κ2) is 7.81. The van der Waals surface area contributed by atoms with E-state index in [0.29, 0.717) is 12.4 Å². The number of aliphatic imine (C=N–C) groups is 1. The molecule has 26 heavy (non-hydrogen) atoms. The number of rotatable bonds is 7. The molecule has 6 heteroatoms. The van der Waals surface area contributed by atoms with Crippen LogP contribution in [0.25, 0.3) is 0 Å². The number of hydrogen-bond donors (Lipinski definition) is 2. The van der Waals surface area contributed by atoms with Gasteiger partial charge in [-0.05, 0) is 39.7 Å². The van der Waals surface area contributed by atoms with Crippen molar-refractivity contribution in [2.75, 3.05) is 20.2 Å². The fourth-order valence-electron chi connectivity index (χ4n) is 3.12. The molecule has 6 nitrogen and oxygen atoms in total. The molecule has 140 valence electrons. The minimum absolute atomic E-state index is 0.124. The zero-order valence-corrected chi connectivity index (χ0v) is 16.1. The normalized spacial score (nSPS) is 15.6. The number of nitrogens with zero attached hydrogens (tertiary/aromatic N) is 2. The van der Waals surface area contributed by atoms with Gasteiger partial charge in [0.15, 0.2) is 5.96 Å². The van der Waals surface area contributed by atoms with Crippen molar-refractivity contribution in [2.24, 2.45) is 4.99 Å². The third-order valence-corrected chi connectivity index (χ3v) is 4.92. The van der Waals surface area contributed by atoms with Crippen LogP contribution in [0, 0.1) is 13.8 Å². The molecule has 0 amide bonds. The molecular weight excluding hydrogens is 328 g/mol. The number of aromatic nitrogens is 1. The summed E-state index contributed by atoms with van der Waals surface area (Å²) in [5.41, 5.74) is 2.31. The number of aryl methyl sites for hydroxylation is 2. The lowest BCUT2D eigenvalue weighted by molar-refractivity contribution is 0.403. The zero-order valence-electron chi connectivity index (χ0n) is 16.1. The molecule has 2 N–H and O–H groups in total. The van der Waals surface area contributed by atoms with Crippen LogP contribution < -0.4 is 15.4 Å². The third-order valence-electron chi connectivity index (χ3n) is 4.92. The molecule has 1 heterocycles. The third kappa shape index (κ3) is 4.00. The van der Waals surface area contributed by atoms with E-state index in [-0.39, 0.29) is 5.41 Å².